The number of hydrogen-bond acceptors (Lipinski definition) is 2. The van der Waals surface area contributed by atoms with E-state index in [0.29, 0.717) is 0 Å². The Morgan fingerprint density at radius 1 is 1.36 bits per heavy atom. The van der Waals surface area contributed by atoms with E-state index in [1.807, 2.05) is 0 Å². The van der Waals surface area contributed by atoms with E-state index in [9.17, 15) is 8.78 Å². The minimum absolute atomic E-state index is 0.0204. The second-order valence-corrected chi connectivity index (χ2v) is 3.40. The number of rotatable bonds is 3. The van der Waals surface area contributed by atoms with Crippen LogP contribution in [0, 0.1) is 11.6 Å². The molecule has 0 spiro atoms. The molecular weight excluding hydrogens is 188 g/mol. The predicted octanol–water partition coefficient (Wildman–Crippen LogP) is 1.96. The Morgan fingerprint density at radius 2 is 2.07 bits per heavy atom. The molecule has 2 N–H and O–H groups in total. The summed E-state index contributed by atoms with van der Waals surface area (Å²) in [7, 11) is 0. The molecule has 0 aromatic heterocycles. The Bertz CT molecular complexity index is 350. The van der Waals surface area contributed by atoms with Crippen LogP contribution in [0.3, 0.4) is 0 Å². The van der Waals surface area contributed by atoms with Gasteiger partial charge < -0.3 is 10.5 Å². The maximum atomic E-state index is 13.5. The molecule has 0 aliphatic heterocycles. The number of nitrogens with two attached hydrogens (primary N) is 1. The van der Waals surface area contributed by atoms with Gasteiger partial charge in [0.05, 0.1) is 6.10 Å². The molecule has 0 radical (unpaired) electrons. The van der Waals surface area contributed by atoms with Gasteiger partial charge in [-0.2, -0.15) is 0 Å². The standard InChI is InChI=1S/C10H11F2NO/c11-7-3-6(5-13)10(12)9(4-7)14-8-1-2-8/h3-4,8H,1-2,5,13H2. The lowest BCUT2D eigenvalue weighted by molar-refractivity contribution is 0.284. The predicted molar refractivity (Wildman–Crippen MR) is 47.9 cm³/mol. The van der Waals surface area contributed by atoms with Crippen LogP contribution in [-0.2, 0) is 6.54 Å². The summed E-state index contributed by atoms with van der Waals surface area (Å²) in [4.78, 5) is 0. The molecule has 14 heavy (non-hydrogen) atoms. The molecule has 0 unspecified atom stereocenters. The normalized spacial score (nSPS) is 15.6. The molecule has 4 heteroatoms. The highest BCUT2D eigenvalue weighted by Crippen LogP contribution is 2.30. The molecule has 1 aliphatic carbocycles. The average molecular weight is 199 g/mol. The van der Waals surface area contributed by atoms with E-state index in [-0.39, 0.29) is 24.0 Å². The first-order valence-electron chi connectivity index (χ1n) is 4.55. The zero-order valence-electron chi connectivity index (χ0n) is 7.59. The fourth-order valence-electron chi connectivity index (χ4n) is 1.22. The average Bonchev–Trinajstić information content (AvgIpc) is 2.94. The first kappa shape index (κ1) is 9.40. The molecule has 0 bridgehead atoms. The molecule has 0 saturated heterocycles. The Balaban J connectivity index is 2.31. The van der Waals surface area contributed by atoms with Gasteiger partial charge in [0, 0.05) is 18.2 Å². The Labute approximate surface area is 80.7 Å². The third kappa shape index (κ3) is 1.85. The first-order valence-corrected chi connectivity index (χ1v) is 4.55. The van der Waals surface area contributed by atoms with Gasteiger partial charge in [0.1, 0.15) is 5.82 Å². The lowest BCUT2D eigenvalue weighted by Gasteiger charge is -2.08. The molecule has 2 nitrogen and oxygen atoms in total. The fourth-order valence-corrected chi connectivity index (χ4v) is 1.22. The monoisotopic (exact) mass is 199 g/mol. The molecule has 1 aliphatic rings. The third-order valence-electron chi connectivity index (χ3n) is 2.12. The van der Waals surface area contributed by atoms with Gasteiger partial charge in [-0.25, -0.2) is 8.78 Å². The van der Waals surface area contributed by atoms with Gasteiger partial charge in [-0.15, -0.1) is 0 Å². The maximum Gasteiger partial charge on any atom is 0.169 e. The summed E-state index contributed by atoms with van der Waals surface area (Å²) in [5.74, 6) is -1.07. The van der Waals surface area contributed by atoms with Crippen molar-refractivity contribution in [1.29, 1.82) is 0 Å². The summed E-state index contributed by atoms with van der Waals surface area (Å²) < 4.78 is 31.6. The van der Waals surface area contributed by atoms with Crippen molar-refractivity contribution in [1.82, 2.24) is 0 Å². The van der Waals surface area contributed by atoms with Crippen LogP contribution in [0.2, 0.25) is 0 Å². The van der Waals surface area contributed by atoms with Gasteiger partial charge in [0.15, 0.2) is 11.6 Å². The number of hydrogen-bond donors (Lipinski definition) is 1. The molecular formula is C10H11F2NO. The lowest BCUT2D eigenvalue weighted by Crippen LogP contribution is -2.05. The molecule has 1 aromatic rings. The van der Waals surface area contributed by atoms with Gasteiger partial charge in [-0.05, 0) is 18.9 Å². The van der Waals surface area contributed by atoms with Crippen molar-refractivity contribution in [2.24, 2.45) is 5.73 Å². The summed E-state index contributed by atoms with van der Waals surface area (Å²) in [5, 5.41) is 0. The van der Waals surface area contributed by atoms with Crippen LogP contribution in [0.5, 0.6) is 5.75 Å². The summed E-state index contributed by atoms with van der Waals surface area (Å²) in [6, 6.07) is 2.15. The van der Waals surface area contributed by atoms with Crippen LogP contribution < -0.4 is 10.5 Å². The smallest absolute Gasteiger partial charge is 0.169 e. The van der Waals surface area contributed by atoms with Crippen LogP contribution in [-0.4, -0.2) is 6.10 Å². The minimum Gasteiger partial charge on any atom is -0.487 e. The summed E-state index contributed by atoms with van der Waals surface area (Å²) in [6.07, 6.45) is 1.87. The highest BCUT2D eigenvalue weighted by Gasteiger charge is 2.25. The van der Waals surface area contributed by atoms with Gasteiger partial charge in [-0.3, -0.25) is 0 Å². The van der Waals surface area contributed by atoms with E-state index >= 15 is 0 Å². The summed E-state index contributed by atoms with van der Waals surface area (Å²) >= 11 is 0. The maximum absolute atomic E-state index is 13.5. The van der Waals surface area contributed by atoms with Crippen LogP contribution in [0.25, 0.3) is 0 Å². The van der Waals surface area contributed by atoms with Crippen molar-refractivity contribution in [2.75, 3.05) is 0 Å². The summed E-state index contributed by atoms with van der Waals surface area (Å²) in [5.41, 5.74) is 5.43. The SMILES string of the molecule is NCc1cc(F)cc(OC2CC2)c1F. The molecule has 0 heterocycles. The van der Waals surface area contributed by atoms with Crippen LogP contribution in [0.4, 0.5) is 8.78 Å². The largest absolute Gasteiger partial charge is 0.487 e. The highest BCUT2D eigenvalue weighted by molar-refractivity contribution is 5.32. The van der Waals surface area contributed by atoms with E-state index in [0.717, 1.165) is 25.0 Å². The zero-order valence-corrected chi connectivity index (χ0v) is 7.59. The van der Waals surface area contributed by atoms with Crippen molar-refractivity contribution >= 4 is 0 Å². The van der Waals surface area contributed by atoms with Gasteiger partial charge in [0.25, 0.3) is 0 Å². The van der Waals surface area contributed by atoms with E-state index in [2.05, 4.69) is 0 Å². The number of halogens is 2. The van der Waals surface area contributed by atoms with Gasteiger partial charge in [-0.1, -0.05) is 0 Å². The van der Waals surface area contributed by atoms with Crippen molar-refractivity contribution in [3.05, 3.63) is 29.3 Å². The highest BCUT2D eigenvalue weighted by atomic mass is 19.1. The van der Waals surface area contributed by atoms with E-state index in [1.165, 1.54) is 0 Å². The molecule has 1 aromatic carbocycles. The van der Waals surface area contributed by atoms with Crippen LogP contribution >= 0.6 is 0 Å². The van der Waals surface area contributed by atoms with Crippen molar-refractivity contribution < 1.29 is 13.5 Å². The zero-order chi connectivity index (χ0) is 10.1. The molecule has 1 fully saturated rings. The molecule has 0 atom stereocenters. The third-order valence-corrected chi connectivity index (χ3v) is 2.12. The second-order valence-electron chi connectivity index (χ2n) is 3.40. The topological polar surface area (TPSA) is 35.2 Å². The Kier molecular flexibility index (Phi) is 2.37. The van der Waals surface area contributed by atoms with Crippen LogP contribution in [0.1, 0.15) is 18.4 Å². The van der Waals surface area contributed by atoms with Gasteiger partial charge >= 0.3 is 0 Å². The molecule has 1 saturated carbocycles. The van der Waals surface area contributed by atoms with Crippen molar-refractivity contribution in [2.45, 2.75) is 25.5 Å². The van der Waals surface area contributed by atoms with Gasteiger partial charge in [0.2, 0.25) is 0 Å². The fraction of sp³-hybridized carbons (Fsp3) is 0.400. The van der Waals surface area contributed by atoms with Crippen molar-refractivity contribution in [3.8, 4) is 5.75 Å². The van der Waals surface area contributed by atoms with E-state index in [1.54, 1.807) is 0 Å². The molecule has 2 rings (SSSR count). The Morgan fingerprint density at radius 3 is 2.64 bits per heavy atom. The minimum atomic E-state index is -0.541. The quantitative estimate of drug-likeness (QED) is 0.807. The van der Waals surface area contributed by atoms with Crippen LogP contribution in [0.15, 0.2) is 12.1 Å². The molecule has 0 amide bonds. The molecule has 76 valence electrons. The first-order chi connectivity index (χ1) is 6.70. The Hall–Kier alpha value is -1.16. The lowest BCUT2D eigenvalue weighted by atomic mass is 10.2. The number of ether oxygens (including phenoxy) is 1. The second kappa shape index (κ2) is 3.53. The van der Waals surface area contributed by atoms with Crippen molar-refractivity contribution in [3.63, 3.8) is 0 Å². The summed E-state index contributed by atoms with van der Waals surface area (Å²) in [6.45, 7) is -0.0232. The number of benzene rings is 1. The van der Waals surface area contributed by atoms with E-state index in [4.69, 9.17) is 10.5 Å². The van der Waals surface area contributed by atoms with E-state index < -0.39 is 11.6 Å².